The van der Waals surface area contributed by atoms with Crippen molar-refractivity contribution in [3.05, 3.63) is 23.5 Å². The molecule has 1 aromatic carbocycles. The monoisotopic (exact) mass is 211 g/mol. The number of piperidine rings is 1. The van der Waals surface area contributed by atoms with Crippen LogP contribution < -0.4 is 5.32 Å². The summed E-state index contributed by atoms with van der Waals surface area (Å²) in [5.41, 5.74) is 0.484. The van der Waals surface area contributed by atoms with Gasteiger partial charge in [-0.3, -0.25) is 0 Å². The number of hydrogen-bond acceptors (Lipinski definition) is 3. The molecule has 3 N–H and O–H groups in total. The number of benzene rings is 1. The number of phenols is 2. The Balaban J connectivity index is 2.31. The molecule has 1 saturated heterocycles. The Labute approximate surface area is 87.6 Å². The molecule has 1 aromatic rings. The first-order valence-electron chi connectivity index (χ1n) is 5.11. The van der Waals surface area contributed by atoms with Gasteiger partial charge in [0.25, 0.3) is 0 Å². The molecule has 0 amide bonds. The van der Waals surface area contributed by atoms with Crippen molar-refractivity contribution >= 4 is 0 Å². The van der Waals surface area contributed by atoms with Crippen LogP contribution in [0.4, 0.5) is 4.39 Å². The molecule has 4 heteroatoms. The van der Waals surface area contributed by atoms with Crippen LogP contribution in [0.3, 0.4) is 0 Å². The predicted octanol–water partition coefficient (Wildman–Crippen LogP) is 1.70. The first-order valence-corrected chi connectivity index (χ1v) is 5.11. The van der Waals surface area contributed by atoms with Crippen molar-refractivity contribution in [3.8, 4) is 11.5 Å². The smallest absolute Gasteiger partial charge is 0.194 e. The summed E-state index contributed by atoms with van der Waals surface area (Å²) in [5.74, 6) is -1.65. The minimum absolute atomic E-state index is 0.0882. The van der Waals surface area contributed by atoms with Crippen LogP contribution in [0, 0.1) is 5.82 Å². The lowest BCUT2D eigenvalue weighted by Crippen LogP contribution is -2.28. The number of phenolic OH excluding ortho intramolecular Hbond substituents is 2. The average molecular weight is 211 g/mol. The van der Waals surface area contributed by atoms with E-state index in [0.29, 0.717) is 5.56 Å². The van der Waals surface area contributed by atoms with Crippen molar-refractivity contribution in [3.63, 3.8) is 0 Å². The highest BCUT2D eigenvalue weighted by Crippen LogP contribution is 2.35. The van der Waals surface area contributed by atoms with Crippen LogP contribution in [0.25, 0.3) is 0 Å². The summed E-state index contributed by atoms with van der Waals surface area (Å²) >= 11 is 0. The second-order valence-corrected chi connectivity index (χ2v) is 3.88. The van der Waals surface area contributed by atoms with Gasteiger partial charge in [0.1, 0.15) is 0 Å². The minimum Gasteiger partial charge on any atom is -0.504 e. The number of aromatic hydroxyl groups is 2. The van der Waals surface area contributed by atoms with E-state index >= 15 is 0 Å². The highest BCUT2D eigenvalue weighted by molar-refractivity contribution is 5.43. The molecule has 1 heterocycles. The molecule has 1 aliphatic rings. The summed E-state index contributed by atoms with van der Waals surface area (Å²) < 4.78 is 13.6. The molecule has 1 unspecified atom stereocenters. The van der Waals surface area contributed by atoms with Crippen LogP contribution in [0.15, 0.2) is 12.1 Å². The van der Waals surface area contributed by atoms with Gasteiger partial charge in [0.2, 0.25) is 0 Å². The third-order valence-corrected chi connectivity index (χ3v) is 2.86. The number of nitrogens with one attached hydrogen (secondary N) is 1. The first-order chi connectivity index (χ1) is 7.20. The van der Waals surface area contributed by atoms with Crippen LogP contribution in [-0.2, 0) is 0 Å². The maximum Gasteiger partial charge on any atom is 0.194 e. The average Bonchev–Trinajstić information content (AvgIpc) is 2.27. The molecule has 0 spiro atoms. The lowest BCUT2D eigenvalue weighted by Gasteiger charge is -2.23. The maximum absolute atomic E-state index is 13.6. The van der Waals surface area contributed by atoms with Crippen LogP contribution in [0.5, 0.6) is 11.5 Å². The summed E-state index contributed by atoms with van der Waals surface area (Å²) in [5, 5.41) is 21.6. The number of halogens is 1. The molecule has 0 aliphatic carbocycles. The van der Waals surface area contributed by atoms with Crippen molar-refractivity contribution in [2.75, 3.05) is 13.1 Å². The third kappa shape index (κ3) is 1.90. The summed E-state index contributed by atoms with van der Waals surface area (Å²) in [6.45, 7) is 1.68. The van der Waals surface area contributed by atoms with Crippen molar-refractivity contribution in [2.24, 2.45) is 0 Å². The first kappa shape index (κ1) is 10.2. The molecular weight excluding hydrogens is 197 g/mol. The quantitative estimate of drug-likeness (QED) is 0.620. The van der Waals surface area contributed by atoms with E-state index in [9.17, 15) is 9.50 Å². The Morgan fingerprint density at radius 1 is 1.33 bits per heavy atom. The largest absolute Gasteiger partial charge is 0.504 e. The fraction of sp³-hybridized carbons (Fsp3) is 0.455. The van der Waals surface area contributed by atoms with Gasteiger partial charge in [0.05, 0.1) is 0 Å². The van der Waals surface area contributed by atoms with E-state index in [1.54, 1.807) is 6.07 Å². The van der Waals surface area contributed by atoms with Crippen LogP contribution in [0.1, 0.15) is 24.3 Å². The van der Waals surface area contributed by atoms with Gasteiger partial charge in [0, 0.05) is 6.54 Å². The van der Waals surface area contributed by atoms with E-state index in [4.69, 9.17) is 5.11 Å². The molecule has 82 valence electrons. The van der Waals surface area contributed by atoms with Crippen LogP contribution in [0.2, 0.25) is 0 Å². The van der Waals surface area contributed by atoms with Gasteiger partial charge in [-0.1, -0.05) is 6.07 Å². The molecule has 3 nitrogen and oxygen atoms in total. The van der Waals surface area contributed by atoms with Gasteiger partial charge < -0.3 is 15.5 Å². The van der Waals surface area contributed by atoms with Gasteiger partial charge in [-0.25, -0.2) is 4.39 Å². The van der Waals surface area contributed by atoms with Crippen molar-refractivity contribution in [1.29, 1.82) is 0 Å². The third-order valence-electron chi connectivity index (χ3n) is 2.86. The summed E-state index contributed by atoms with van der Waals surface area (Å²) in [7, 11) is 0. The zero-order valence-corrected chi connectivity index (χ0v) is 8.33. The van der Waals surface area contributed by atoms with Crippen molar-refractivity contribution in [1.82, 2.24) is 5.32 Å². The second-order valence-electron chi connectivity index (χ2n) is 3.88. The molecular formula is C11H14FNO2. The normalized spacial score (nSPS) is 21.5. The SMILES string of the molecule is Oc1ccc(C2CCCNC2)c(F)c1O. The molecule has 15 heavy (non-hydrogen) atoms. The number of rotatable bonds is 1. The molecule has 1 atom stereocenters. The van der Waals surface area contributed by atoms with E-state index in [0.717, 1.165) is 25.9 Å². The van der Waals surface area contributed by atoms with Gasteiger partial charge >= 0.3 is 0 Å². The van der Waals surface area contributed by atoms with E-state index < -0.39 is 17.3 Å². The van der Waals surface area contributed by atoms with E-state index in [1.807, 2.05) is 0 Å². The zero-order valence-electron chi connectivity index (χ0n) is 8.33. The molecule has 1 fully saturated rings. The molecule has 0 aromatic heterocycles. The predicted molar refractivity (Wildman–Crippen MR) is 54.6 cm³/mol. The van der Waals surface area contributed by atoms with Crippen LogP contribution >= 0.6 is 0 Å². The number of hydrogen-bond donors (Lipinski definition) is 3. The topological polar surface area (TPSA) is 52.5 Å². The Hall–Kier alpha value is -1.29. The van der Waals surface area contributed by atoms with Crippen molar-refractivity contribution < 1.29 is 14.6 Å². The summed E-state index contributed by atoms with van der Waals surface area (Å²) in [4.78, 5) is 0. The van der Waals surface area contributed by atoms with E-state index in [1.165, 1.54) is 6.07 Å². The second kappa shape index (κ2) is 4.06. The van der Waals surface area contributed by atoms with Crippen molar-refractivity contribution in [2.45, 2.75) is 18.8 Å². The van der Waals surface area contributed by atoms with Gasteiger partial charge in [0.15, 0.2) is 17.3 Å². The van der Waals surface area contributed by atoms with Crippen LogP contribution in [-0.4, -0.2) is 23.3 Å². The molecule has 1 aliphatic heterocycles. The Morgan fingerprint density at radius 3 is 2.80 bits per heavy atom. The molecule has 0 bridgehead atoms. The fourth-order valence-corrected chi connectivity index (χ4v) is 2.00. The highest BCUT2D eigenvalue weighted by Gasteiger charge is 2.21. The standard InChI is InChI=1S/C11H14FNO2/c12-10-8(3-4-9(14)11(10)15)7-2-1-5-13-6-7/h3-4,7,13-15H,1-2,5-6H2. The minimum atomic E-state index is -0.691. The molecule has 0 radical (unpaired) electrons. The fourth-order valence-electron chi connectivity index (χ4n) is 2.00. The van der Waals surface area contributed by atoms with Gasteiger partial charge in [-0.15, -0.1) is 0 Å². The van der Waals surface area contributed by atoms with Gasteiger partial charge in [-0.05, 0) is 36.9 Å². The van der Waals surface area contributed by atoms with Gasteiger partial charge in [-0.2, -0.15) is 0 Å². The molecule has 0 saturated carbocycles. The lowest BCUT2D eigenvalue weighted by molar-refractivity contribution is 0.369. The summed E-state index contributed by atoms with van der Waals surface area (Å²) in [6.07, 6.45) is 1.92. The Morgan fingerprint density at radius 2 is 2.13 bits per heavy atom. The summed E-state index contributed by atoms with van der Waals surface area (Å²) in [6, 6.07) is 2.88. The highest BCUT2D eigenvalue weighted by atomic mass is 19.1. The van der Waals surface area contributed by atoms with E-state index in [2.05, 4.69) is 5.32 Å². The zero-order chi connectivity index (χ0) is 10.8. The Bertz CT molecular complexity index is 362. The van der Waals surface area contributed by atoms with E-state index in [-0.39, 0.29) is 5.92 Å². The Kier molecular flexibility index (Phi) is 2.77. The lowest BCUT2D eigenvalue weighted by atomic mass is 9.91. The maximum atomic E-state index is 13.6. The molecule has 2 rings (SSSR count).